The quantitative estimate of drug-likeness (QED) is 0.572. The highest BCUT2D eigenvalue weighted by Crippen LogP contribution is 2.24. The van der Waals surface area contributed by atoms with Crippen molar-refractivity contribution < 1.29 is 19.4 Å². The molecule has 2 N–H and O–H groups in total. The van der Waals surface area contributed by atoms with Gasteiger partial charge in [0.25, 0.3) is 5.91 Å². The molecule has 0 spiro atoms. The van der Waals surface area contributed by atoms with Crippen LogP contribution in [0.4, 0.5) is 11.4 Å². The van der Waals surface area contributed by atoms with Crippen molar-refractivity contribution in [3.63, 3.8) is 0 Å². The van der Waals surface area contributed by atoms with E-state index in [1.54, 1.807) is 43.3 Å². The standard InChI is InChI=1S/C21H23N3O4/c1-14(20(26)22-15-6-2-3-7-15)28-21(27)18-8-4-5-9-19(18)24-23-16-10-12-17(25)13-11-16/h4-5,8-15,25H,2-3,6-7H2,1H3,(H,22,26)/t14-/m0/s1. The molecule has 28 heavy (non-hydrogen) atoms. The number of phenolic OH excluding ortho intramolecular Hbond substituents is 1. The van der Waals surface area contributed by atoms with Gasteiger partial charge in [-0.3, -0.25) is 4.79 Å². The average Bonchev–Trinajstić information content (AvgIpc) is 3.20. The van der Waals surface area contributed by atoms with E-state index in [1.807, 2.05) is 0 Å². The number of ether oxygens (including phenoxy) is 1. The fourth-order valence-electron chi connectivity index (χ4n) is 3.03. The first kappa shape index (κ1) is 19.5. The van der Waals surface area contributed by atoms with Crippen molar-refractivity contribution in [1.82, 2.24) is 5.32 Å². The number of benzene rings is 2. The van der Waals surface area contributed by atoms with Gasteiger partial charge < -0.3 is 15.2 Å². The van der Waals surface area contributed by atoms with Crippen LogP contribution in [0.5, 0.6) is 5.75 Å². The van der Waals surface area contributed by atoms with Gasteiger partial charge in [0.1, 0.15) is 11.4 Å². The van der Waals surface area contributed by atoms with Gasteiger partial charge in [-0.25, -0.2) is 4.79 Å². The number of hydrogen-bond donors (Lipinski definition) is 2. The van der Waals surface area contributed by atoms with Crippen LogP contribution in [0.1, 0.15) is 43.0 Å². The Morgan fingerprint density at radius 2 is 1.75 bits per heavy atom. The third-order valence-electron chi connectivity index (χ3n) is 4.60. The summed E-state index contributed by atoms with van der Waals surface area (Å²) in [4.78, 5) is 24.8. The summed E-state index contributed by atoms with van der Waals surface area (Å²) in [6.45, 7) is 1.56. The largest absolute Gasteiger partial charge is 0.508 e. The predicted octanol–water partition coefficient (Wildman–Crippen LogP) is 4.41. The topological polar surface area (TPSA) is 100 Å². The van der Waals surface area contributed by atoms with Gasteiger partial charge in [0.15, 0.2) is 6.10 Å². The fraction of sp³-hybridized carbons (Fsp3) is 0.333. The van der Waals surface area contributed by atoms with Crippen molar-refractivity contribution in [1.29, 1.82) is 0 Å². The molecule has 1 aliphatic rings. The van der Waals surface area contributed by atoms with Crippen LogP contribution in [0.2, 0.25) is 0 Å². The first-order chi connectivity index (χ1) is 13.5. The molecule has 1 atom stereocenters. The second-order valence-corrected chi connectivity index (χ2v) is 6.77. The summed E-state index contributed by atoms with van der Waals surface area (Å²) >= 11 is 0. The van der Waals surface area contributed by atoms with Gasteiger partial charge in [0, 0.05) is 6.04 Å². The molecule has 0 aromatic heterocycles. The summed E-state index contributed by atoms with van der Waals surface area (Å²) in [5.74, 6) is -0.787. The maximum absolute atomic E-state index is 12.5. The Morgan fingerprint density at radius 3 is 2.46 bits per heavy atom. The van der Waals surface area contributed by atoms with E-state index in [-0.39, 0.29) is 23.3 Å². The van der Waals surface area contributed by atoms with E-state index in [2.05, 4.69) is 15.5 Å². The summed E-state index contributed by atoms with van der Waals surface area (Å²) in [5, 5.41) is 20.4. The number of amides is 1. The molecular formula is C21H23N3O4. The molecule has 3 rings (SSSR count). The molecule has 2 aromatic rings. The summed E-state index contributed by atoms with van der Waals surface area (Å²) in [6, 6.07) is 13.0. The second-order valence-electron chi connectivity index (χ2n) is 6.77. The lowest BCUT2D eigenvalue weighted by atomic mass is 10.2. The number of carbonyl (C=O) groups is 2. The van der Waals surface area contributed by atoms with Crippen molar-refractivity contribution >= 4 is 23.3 Å². The van der Waals surface area contributed by atoms with Gasteiger partial charge >= 0.3 is 5.97 Å². The lowest BCUT2D eigenvalue weighted by Gasteiger charge is -2.17. The highest BCUT2D eigenvalue weighted by Gasteiger charge is 2.24. The SMILES string of the molecule is C[C@H](OC(=O)c1ccccc1N=Nc1ccc(O)cc1)C(=O)NC1CCCC1. The van der Waals surface area contributed by atoms with Crippen molar-refractivity contribution in [2.75, 3.05) is 0 Å². The molecule has 2 aromatic carbocycles. The van der Waals surface area contributed by atoms with E-state index in [0.29, 0.717) is 11.4 Å². The Morgan fingerprint density at radius 1 is 1.07 bits per heavy atom. The number of esters is 1. The fourth-order valence-corrected chi connectivity index (χ4v) is 3.03. The van der Waals surface area contributed by atoms with E-state index < -0.39 is 12.1 Å². The van der Waals surface area contributed by atoms with E-state index >= 15 is 0 Å². The monoisotopic (exact) mass is 381 g/mol. The third kappa shape index (κ3) is 5.16. The predicted molar refractivity (Wildman–Crippen MR) is 104 cm³/mol. The van der Waals surface area contributed by atoms with Crippen molar-refractivity contribution in [3.8, 4) is 5.75 Å². The Hall–Kier alpha value is -3.22. The normalized spacial score (nSPS) is 15.5. The van der Waals surface area contributed by atoms with Gasteiger partial charge in [0.2, 0.25) is 0 Å². The average molecular weight is 381 g/mol. The zero-order chi connectivity index (χ0) is 19.9. The van der Waals surface area contributed by atoms with Gasteiger partial charge in [-0.15, -0.1) is 5.11 Å². The molecule has 146 valence electrons. The molecule has 7 heteroatoms. The Balaban J connectivity index is 1.66. The van der Waals surface area contributed by atoms with Crippen molar-refractivity contribution in [2.24, 2.45) is 10.2 Å². The Labute approximate surface area is 163 Å². The number of aromatic hydroxyl groups is 1. The third-order valence-corrected chi connectivity index (χ3v) is 4.60. The van der Waals surface area contributed by atoms with Crippen LogP contribution in [0.25, 0.3) is 0 Å². The summed E-state index contributed by atoms with van der Waals surface area (Å²) < 4.78 is 5.33. The van der Waals surface area contributed by atoms with Crippen molar-refractivity contribution in [2.45, 2.75) is 44.8 Å². The zero-order valence-electron chi connectivity index (χ0n) is 15.7. The maximum Gasteiger partial charge on any atom is 0.341 e. The minimum atomic E-state index is -0.893. The minimum Gasteiger partial charge on any atom is -0.508 e. The van der Waals surface area contributed by atoms with Crippen LogP contribution in [0.15, 0.2) is 58.8 Å². The lowest BCUT2D eigenvalue weighted by molar-refractivity contribution is -0.129. The van der Waals surface area contributed by atoms with E-state index in [0.717, 1.165) is 25.7 Å². The highest BCUT2D eigenvalue weighted by molar-refractivity contribution is 5.96. The van der Waals surface area contributed by atoms with Crippen LogP contribution in [0, 0.1) is 0 Å². The molecule has 7 nitrogen and oxygen atoms in total. The number of carbonyl (C=O) groups excluding carboxylic acids is 2. The van der Waals surface area contributed by atoms with E-state index in [9.17, 15) is 14.7 Å². The van der Waals surface area contributed by atoms with Gasteiger partial charge in [-0.2, -0.15) is 5.11 Å². The van der Waals surface area contributed by atoms with Gasteiger partial charge in [-0.1, -0.05) is 25.0 Å². The van der Waals surface area contributed by atoms with Crippen LogP contribution in [0.3, 0.4) is 0 Å². The molecule has 0 unspecified atom stereocenters. The first-order valence-corrected chi connectivity index (χ1v) is 9.34. The number of rotatable bonds is 6. The Bertz CT molecular complexity index is 858. The lowest BCUT2D eigenvalue weighted by Crippen LogP contribution is -2.40. The molecule has 0 saturated heterocycles. The van der Waals surface area contributed by atoms with Gasteiger partial charge in [-0.05, 0) is 56.2 Å². The minimum absolute atomic E-state index is 0.132. The molecule has 1 aliphatic carbocycles. The number of nitrogens with one attached hydrogen (secondary N) is 1. The van der Waals surface area contributed by atoms with Crippen molar-refractivity contribution in [3.05, 3.63) is 54.1 Å². The first-order valence-electron chi connectivity index (χ1n) is 9.34. The molecule has 1 fully saturated rings. The van der Waals surface area contributed by atoms with Crippen LogP contribution in [-0.4, -0.2) is 29.1 Å². The number of hydrogen-bond acceptors (Lipinski definition) is 6. The molecular weight excluding hydrogens is 358 g/mol. The number of azo groups is 1. The van der Waals surface area contributed by atoms with Crippen LogP contribution >= 0.6 is 0 Å². The maximum atomic E-state index is 12.5. The summed E-state index contributed by atoms with van der Waals surface area (Å²) in [5.41, 5.74) is 1.10. The molecule has 0 bridgehead atoms. The summed E-state index contributed by atoms with van der Waals surface area (Å²) in [7, 11) is 0. The molecule has 1 amide bonds. The second kappa shape index (κ2) is 9.12. The Kier molecular flexibility index (Phi) is 6.37. The molecule has 0 radical (unpaired) electrons. The molecule has 1 saturated carbocycles. The number of nitrogens with zero attached hydrogens (tertiary/aromatic N) is 2. The summed E-state index contributed by atoms with van der Waals surface area (Å²) in [6.07, 6.45) is 3.26. The smallest absolute Gasteiger partial charge is 0.341 e. The number of phenols is 1. The molecule has 0 heterocycles. The molecule has 0 aliphatic heterocycles. The van der Waals surface area contributed by atoms with Crippen LogP contribution < -0.4 is 5.32 Å². The van der Waals surface area contributed by atoms with Crippen LogP contribution in [-0.2, 0) is 9.53 Å². The van der Waals surface area contributed by atoms with E-state index in [1.165, 1.54) is 12.1 Å². The van der Waals surface area contributed by atoms with E-state index in [4.69, 9.17) is 4.74 Å². The highest BCUT2D eigenvalue weighted by atomic mass is 16.5. The van der Waals surface area contributed by atoms with Gasteiger partial charge in [0.05, 0.1) is 11.3 Å². The zero-order valence-corrected chi connectivity index (χ0v) is 15.7.